The number of benzene rings is 1. The van der Waals surface area contributed by atoms with Crippen molar-refractivity contribution in [2.24, 2.45) is 0 Å². The summed E-state index contributed by atoms with van der Waals surface area (Å²) in [6.45, 7) is 4.84. The summed E-state index contributed by atoms with van der Waals surface area (Å²) < 4.78 is 39.2. The molecule has 1 heterocycles. The number of amides is 1. The SMILES string of the molecule is CC1NCCN(C(=O)c2cc(F)c(F)c(F)c2)C1C.Cl. The van der Waals surface area contributed by atoms with Crippen molar-refractivity contribution in [3.63, 3.8) is 0 Å². The van der Waals surface area contributed by atoms with Gasteiger partial charge in [-0.15, -0.1) is 12.4 Å². The molecule has 7 heteroatoms. The van der Waals surface area contributed by atoms with Crippen LogP contribution >= 0.6 is 12.4 Å². The van der Waals surface area contributed by atoms with Crippen LogP contribution in [0.4, 0.5) is 13.2 Å². The molecule has 20 heavy (non-hydrogen) atoms. The highest BCUT2D eigenvalue weighted by Gasteiger charge is 2.29. The molecule has 0 saturated carbocycles. The quantitative estimate of drug-likeness (QED) is 0.808. The number of piperazine rings is 1. The molecule has 2 unspecified atom stereocenters. The molecule has 1 aliphatic rings. The maximum absolute atomic E-state index is 13.1. The minimum Gasteiger partial charge on any atom is -0.333 e. The Kier molecular flexibility index (Phi) is 5.42. The standard InChI is InChI=1S/C13H15F3N2O.ClH/c1-7-8(2)18(4-3-17-7)13(19)9-5-10(14)12(16)11(15)6-9;/h5-8,17H,3-4H2,1-2H3;1H. The van der Waals surface area contributed by atoms with Crippen LogP contribution in [0.3, 0.4) is 0 Å². The summed E-state index contributed by atoms with van der Waals surface area (Å²) in [7, 11) is 0. The third kappa shape index (κ3) is 3.07. The normalized spacial score (nSPS) is 22.4. The van der Waals surface area contributed by atoms with Gasteiger partial charge in [-0.2, -0.15) is 0 Å². The minimum absolute atomic E-state index is 0. The number of halogens is 4. The molecule has 1 aromatic rings. The number of hydrogen-bond acceptors (Lipinski definition) is 2. The predicted molar refractivity (Wildman–Crippen MR) is 71.5 cm³/mol. The highest BCUT2D eigenvalue weighted by atomic mass is 35.5. The van der Waals surface area contributed by atoms with Crippen LogP contribution in [0.15, 0.2) is 12.1 Å². The highest BCUT2D eigenvalue weighted by molar-refractivity contribution is 5.94. The van der Waals surface area contributed by atoms with E-state index in [1.807, 2.05) is 13.8 Å². The van der Waals surface area contributed by atoms with Gasteiger partial charge in [0.25, 0.3) is 5.91 Å². The summed E-state index contributed by atoms with van der Waals surface area (Å²) in [6.07, 6.45) is 0. The molecule has 0 spiro atoms. The van der Waals surface area contributed by atoms with Crippen LogP contribution in [-0.2, 0) is 0 Å². The molecule has 1 N–H and O–H groups in total. The van der Waals surface area contributed by atoms with Crippen molar-refractivity contribution in [1.82, 2.24) is 10.2 Å². The molecule has 1 saturated heterocycles. The van der Waals surface area contributed by atoms with Gasteiger partial charge in [-0.05, 0) is 26.0 Å². The smallest absolute Gasteiger partial charge is 0.254 e. The Balaban J connectivity index is 0.00000200. The van der Waals surface area contributed by atoms with Gasteiger partial charge in [-0.1, -0.05) is 0 Å². The largest absolute Gasteiger partial charge is 0.333 e. The Hall–Kier alpha value is -1.27. The number of nitrogens with zero attached hydrogens (tertiary/aromatic N) is 1. The lowest BCUT2D eigenvalue weighted by Gasteiger charge is -2.38. The second-order valence-electron chi connectivity index (χ2n) is 4.74. The van der Waals surface area contributed by atoms with Crippen molar-refractivity contribution in [3.8, 4) is 0 Å². The van der Waals surface area contributed by atoms with E-state index in [1.54, 1.807) is 0 Å². The predicted octanol–water partition coefficient (Wildman–Crippen LogP) is 2.35. The fourth-order valence-corrected chi connectivity index (χ4v) is 2.19. The minimum atomic E-state index is -1.56. The van der Waals surface area contributed by atoms with Gasteiger partial charge in [0, 0.05) is 30.7 Å². The Morgan fingerprint density at radius 3 is 2.35 bits per heavy atom. The highest BCUT2D eigenvalue weighted by Crippen LogP contribution is 2.18. The fourth-order valence-electron chi connectivity index (χ4n) is 2.19. The second kappa shape index (κ2) is 6.45. The van der Waals surface area contributed by atoms with Crippen molar-refractivity contribution < 1.29 is 18.0 Å². The van der Waals surface area contributed by atoms with E-state index in [-0.39, 0.29) is 30.1 Å². The molecule has 1 aliphatic heterocycles. The van der Waals surface area contributed by atoms with E-state index in [0.29, 0.717) is 13.1 Å². The topological polar surface area (TPSA) is 32.3 Å². The first-order valence-electron chi connectivity index (χ1n) is 6.10. The van der Waals surface area contributed by atoms with E-state index in [2.05, 4.69) is 5.32 Å². The van der Waals surface area contributed by atoms with Crippen LogP contribution in [-0.4, -0.2) is 36.0 Å². The third-order valence-corrected chi connectivity index (χ3v) is 3.53. The Morgan fingerprint density at radius 1 is 1.25 bits per heavy atom. The number of hydrogen-bond donors (Lipinski definition) is 1. The molecule has 0 aromatic heterocycles. The van der Waals surface area contributed by atoms with Gasteiger partial charge in [0.2, 0.25) is 0 Å². The van der Waals surface area contributed by atoms with Crippen LogP contribution in [0, 0.1) is 17.5 Å². The van der Waals surface area contributed by atoms with Crippen molar-refractivity contribution in [3.05, 3.63) is 35.1 Å². The lowest BCUT2D eigenvalue weighted by Crippen LogP contribution is -2.57. The summed E-state index contributed by atoms with van der Waals surface area (Å²) in [4.78, 5) is 13.7. The van der Waals surface area contributed by atoms with Crippen LogP contribution < -0.4 is 5.32 Å². The van der Waals surface area contributed by atoms with Crippen molar-refractivity contribution in [2.75, 3.05) is 13.1 Å². The van der Waals surface area contributed by atoms with Crippen LogP contribution in [0.25, 0.3) is 0 Å². The van der Waals surface area contributed by atoms with Crippen molar-refractivity contribution in [1.29, 1.82) is 0 Å². The zero-order valence-electron chi connectivity index (χ0n) is 11.1. The molecule has 1 aromatic carbocycles. The van der Waals surface area contributed by atoms with Gasteiger partial charge in [0.1, 0.15) is 0 Å². The average molecular weight is 309 g/mol. The second-order valence-corrected chi connectivity index (χ2v) is 4.74. The Labute approximate surface area is 121 Å². The fraction of sp³-hybridized carbons (Fsp3) is 0.462. The van der Waals surface area contributed by atoms with Crippen LogP contribution in [0.1, 0.15) is 24.2 Å². The summed E-state index contributed by atoms with van der Waals surface area (Å²) >= 11 is 0. The molecule has 112 valence electrons. The molecular weight excluding hydrogens is 293 g/mol. The zero-order chi connectivity index (χ0) is 14.2. The Morgan fingerprint density at radius 2 is 1.80 bits per heavy atom. The molecule has 0 aliphatic carbocycles. The zero-order valence-corrected chi connectivity index (χ0v) is 11.9. The van der Waals surface area contributed by atoms with Crippen LogP contribution in [0.2, 0.25) is 0 Å². The van der Waals surface area contributed by atoms with Gasteiger partial charge in [0.05, 0.1) is 0 Å². The molecule has 2 rings (SSSR count). The van der Waals surface area contributed by atoms with E-state index in [1.165, 1.54) is 4.90 Å². The number of nitrogens with one attached hydrogen (secondary N) is 1. The first-order valence-corrected chi connectivity index (χ1v) is 6.10. The molecule has 0 bridgehead atoms. The summed E-state index contributed by atoms with van der Waals surface area (Å²) in [6, 6.07) is 1.46. The monoisotopic (exact) mass is 308 g/mol. The van der Waals surface area contributed by atoms with Crippen LogP contribution in [0.5, 0.6) is 0 Å². The lowest BCUT2D eigenvalue weighted by molar-refractivity contribution is 0.0601. The van der Waals surface area contributed by atoms with E-state index >= 15 is 0 Å². The summed E-state index contributed by atoms with van der Waals surface area (Å²) in [5, 5.41) is 3.20. The molecular formula is C13H16ClF3N2O. The van der Waals surface area contributed by atoms with Gasteiger partial charge in [0.15, 0.2) is 17.5 Å². The van der Waals surface area contributed by atoms with Gasteiger partial charge >= 0.3 is 0 Å². The van der Waals surface area contributed by atoms with E-state index < -0.39 is 23.4 Å². The van der Waals surface area contributed by atoms with Gasteiger partial charge in [-0.25, -0.2) is 13.2 Å². The maximum atomic E-state index is 13.1. The first kappa shape index (κ1) is 16.8. The van der Waals surface area contributed by atoms with E-state index in [0.717, 1.165) is 12.1 Å². The molecule has 3 nitrogen and oxygen atoms in total. The average Bonchev–Trinajstić information content (AvgIpc) is 2.38. The molecule has 1 amide bonds. The first-order chi connectivity index (χ1) is 8.91. The van der Waals surface area contributed by atoms with Crippen molar-refractivity contribution in [2.45, 2.75) is 25.9 Å². The maximum Gasteiger partial charge on any atom is 0.254 e. The number of carbonyl (C=O) groups excluding carboxylic acids is 1. The molecule has 1 fully saturated rings. The number of carbonyl (C=O) groups is 1. The molecule has 2 atom stereocenters. The summed E-state index contributed by atoms with van der Waals surface area (Å²) in [5.41, 5.74) is -0.169. The van der Waals surface area contributed by atoms with Gasteiger partial charge in [-0.3, -0.25) is 4.79 Å². The lowest BCUT2D eigenvalue weighted by atomic mass is 10.1. The van der Waals surface area contributed by atoms with Crippen molar-refractivity contribution >= 4 is 18.3 Å². The number of rotatable bonds is 1. The Bertz CT molecular complexity index is 489. The summed E-state index contributed by atoms with van der Waals surface area (Å²) in [5.74, 6) is -4.74. The third-order valence-electron chi connectivity index (χ3n) is 3.53. The molecule has 0 radical (unpaired) electrons. The van der Waals surface area contributed by atoms with E-state index in [4.69, 9.17) is 0 Å². The van der Waals surface area contributed by atoms with E-state index in [9.17, 15) is 18.0 Å². The van der Waals surface area contributed by atoms with Gasteiger partial charge < -0.3 is 10.2 Å².